The number of carbonyl (C=O) groups excluding carboxylic acids is 1. The molecule has 0 aliphatic carbocycles. The van der Waals surface area contributed by atoms with Gasteiger partial charge in [0.15, 0.2) is 0 Å². The number of hydrogen-bond acceptors (Lipinski definition) is 4. The molecule has 2 rings (SSSR count). The van der Waals surface area contributed by atoms with E-state index in [1.807, 2.05) is 13.8 Å². The normalized spacial score (nSPS) is 11.6. The topological polar surface area (TPSA) is 66.5 Å². The van der Waals surface area contributed by atoms with E-state index in [2.05, 4.69) is 5.32 Å². The molecule has 5 nitrogen and oxygen atoms in total. The molecule has 2 aromatic rings. The van der Waals surface area contributed by atoms with Gasteiger partial charge in [0, 0.05) is 23.7 Å². The number of carbonyl (C=O) groups is 1. The predicted molar refractivity (Wildman–Crippen MR) is 112 cm³/mol. The first kappa shape index (κ1) is 22.4. The predicted octanol–water partition coefficient (Wildman–Crippen LogP) is 4.20. The summed E-state index contributed by atoms with van der Waals surface area (Å²) in [4.78, 5) is 13.3. The van der Waals surface area contributed by atoms with Crippen molar-refractivity contribution in [3.8, 4) is 0 Å². The van der Waals surface area contributed by atoms with Crippen LogP contribution >= 0.6 is 11.8 Å². The Balaban J connectivity index is 2.19. The summed E-state index contributed by atoms with van der Waals surface area (Å²) in [5.74, 6) is -0.447. The van der Waals surface area contributed by atoms with E-state index in [-0.39, 0.29) is 22.4 Å². The fourth-order valence-electron chi connectivity index (χ4n) is 2.68. The lowest BCUT2D eigenvalue weighted by Gasteiger charge is -2.20. The summed E-state index contributed by atoms with van der Waals surface area (Å²) in [6.07, 6.45) is 0. The molecule has 0 bridgehead atoms. The highest BCUT2D eigenvalue weighted by Gasteiger charge is 2.23. The molecule has 0 unspecified atom stereocenters. The van der Waals surface area contributed by atoms with Crippen LogP contribution in [-0.4, -0.2) is 37.5 Å². The standard InChI is InChI=1S/C20H25FN2O3S2/c1-5-23(6-2)28(25,26)18-11-14(3)15(4)19(12-18)22-20(24)13-27-17-9-7-16(21)8-10-17/h7-12H,5-6,13H2,1-4H3,(H,22,24). The molecule has 0 aromatic heterocycles. The monoisotopic (exact) mass is 424 g/mol. The van der Waals surface area contributed by atoms with Crippen LogP contribution in [0, 0.1) is 19.7 Å². The zero-order valence-corrected chi connectivity index (χ0v) is 18.1. The number of sulfonamides is 1. The van der Waals surface area contributed by atoms with Crippen molar-refractivity contribution in [2.75, 3.05) is 24.2 Å². The zero-order chi connectivity index (χ0) is 20.9. The van der Waals surface area contributed by atoms with E-state index >= 15 is 0 Å². The highest BCUT2D eigenvalue weighted by atomic mass is 32.2. The summed E-state index contributed by atoms with van der Waals surface area (Å²) in [6, 6.07) is 9.05. The van der Waals surface area contributed by atoms with Crippen LogP contribution in [0.2, 0.25) is 0 Å². The van der Waals surface area contributed by atoms with Crippen LogP contribution in [0.4, 0.5) is 10.1 Å². The molecule has 152 valence electrons. The van der Waals surface area contributed by atoms with Crippen molar-refractivity contribution in [2.24, 2.45) is 0 Å². The lowest BCUT2D eigenvalue weighted by molar-refractivity contribution is -0.113. The van der Waals surface area contributed by atoms with E-state index in [4.69, 9.17) is 0 Å². The van der Waals surface area contributed by atoms with Gasteiger partial charge in [-0.1, -0.05) is 13.8 Å². The van der Waals surface area contributed by atoms with Crippen molar-refractivity contribution in [2.45, 2.75) is 37.5 Å². The van der Waals surface area contributed by atoms with Crippen LogP contribution < -0.4 is 5.32 Å². The Bertz CT molecular complexity index is 941. The Labute approximate surface area is 170 Å². The summed E-state index contributed by atoms with van der Waals surface area (Å²) in [7, 11) is -3.62. The van der Waals surface area contributed by atoms with Gasteiger partial charge in [0.2, 0.25) is 15.9 Å². The van der Waals surface area contributed by atoms with Gasteiger partial charge in [-0.05, 0) is 61.4 Å². The third kappa shape index (κ3) is 5.33. The van der Waals surface area contributed by atoms with Crippen LogP contribution in [0.15, 0.2) is 46.2 Å². The number of halogens is 1. The second-order valence-electron chi connectivity index (χ2n) is 6.29. The number of aryl methyl sites for hydroxylation is 1. The second kappa shape index (κ2) is 9.54. The molecule has 0 radical (unpaired) electrons. The van der Waals surface area contributed by atoms with Crippen LogP contribution in [0.3, 0.4) is 0 Å². The Morgan fingerprint density at radius 3 is 2.29 bits per heavy atom. The third-order valence-electron chi connectivity index (χ3n) is 4.44. The van der Waals surface area contributed by atoms with Crippen LogP contribution in [0.5, 0.6) is 0 Å². The van der Waals surface area contributed by atoms with Gasteiger partial charge in [-0.2, -0.15) is 4.31 Å². The van der Waals surface area contributed by atoms with Crippen LogP contribution in [0.1, 0.15) is 25.0 Å². The maximum Gasteiger partial charge on any atom is 0.243 e. The quantitative estimate of drug-likeness (QED) is 0.645. The molecule has 0 spiro atoms. The van der Waals surface area contributed by atoms with Crippen LogP contribution in [0.25, 0.3) is 0 Å². The van der Waals surface area contributed by atoms with E-state index in [0.717, 1.165) is 16.0 Å². The summed E-state index contributed by atoms with van der Waals surface area (Å²) in [5.41, 5.74) is 2.09. The maximum absolute atomic E-state index is 13.0. The number of thioether (sulfide) groups is 1. The van der Waals surface area contributed by atoms with E-state index in [1.165, 1.54) is 34.3 Å². The summed E-state index contributed by atoms with van der Waals surface area (Å²) in [6.45, 7) is 7.99. The Kier molecular flexibility index (Phi) is 7.63. The Morgan fingerprint density at radius 2 is 1.71 bits per heavy atom. The number of nitrogens with one attached hydrogen (secondary N) is 1. The molecule has 0 saturated heterocycles. The Hall–Kier alpha value is -1.90. The minimum Gasteiger partial charge on any atom is -0.325 e. The molecular formula is C20H25FN2O3S2. The first-order valence-electron chi connectivity index (χ1n) is 8.98. The molecule has 0 aliphatic heterocycles. The van der Waals surface area contributed by atoms with E-state index in [0.29, 0.717) is 18.8 Å². The van der Waals surface area contributed by atoms with E-state index < -0.39 is 10.0 Å². The molecular weight excluding hydrogens is 399 g/mol. The number of amides is 1. The minimum atomic E-state index is -3.62. The number of hydrogen-bond donors (Lipinski definition) is 1. The molecule has 0 saturated carbocycles. The van der Waals surface area contributed by atoms with Gasteiger partial charge < -0.3 is 5.32 Å². The third-order valence-corrected chi connectivity index (χ3v) is 7.48. The smallest absolute Gasteiger partial charge is 0.243 e. The molecule has 0 heterocycles. The molecule has 8 heteroatoms. The summed E-state index contributed by atoms with van der Waals surface area (Å²) < 4.78 is 40.0. The van der Waals surface area contributed by atoms with Gasteiger partial charge in [-0.3, -0.25) is 4.79 Å². The minimum absolute atomic E-state index is 0.136. The van der Waals surface area contributed by atoms with Crippen molar-refractivity contribution in [3.63, 3.8) is 0 Å². The number of rotatable bonds is 8. The van der Waals surface area contributed by atoms with Crippen molar-refractivity contribution in [1.29, 1.82) is 0 Å². The average Bonchev–Trinajstić information content (AvgIpc) is 2.65. The lowest BCUT2D eigenvalue weighted by Crippen LogP contribution is -2.30. The number of benzene rings is 2. The van der Waals surface area contributed by atoms with Gasteiger partial charge in [-0.15, -0.1) is 11.8 Å². The largest absolute Gasteiger partial charge is 0.325 e. The summed E-state index contributed by atoms with van der Waals surface area (Å²) in [5, 5.41) is 2.80. The average molecular weight is 425 g/mol. The molecule has 0 atom stereocenters. The second-order valence-corrected chi connectivity index (χ2v) is 9.28. The number of anilines is 1. The SMILES string of the molecule is CCN(CC)S(=O)(=O)c1cc(C)c(C)c(NC(=O)CSc2ccc(F)cc2)c1. The first-order chi connectivity index (χ1) is 13.2. The highest BCUT2D eigenvalue weighted by Crippen LogP contribution is 2.27. The molecule has 28 heavy (non-hydrogen) atoms. The van der Waals surface area contributed by atoms with Crippen molar-refractivity contribution >= 4 is 33.4 Å². The maximum atomic E-state index is 13.0. The lowest BCUT2D eigenvalue weighted by atomic mass is 10.1. The summed E-state index contributed by atoms with van der Waals surface area (Å²) >= 11 is 1.28. The molecule has 1 N–H and O–H groups in total. The van der Waals surface area contributed by atoms with E-state index in [1.54, 1.807) is 32.0 Å². The van der Waals surface area contributed by atoms with E-state index in [9.17, 15) is 17.6 Å². The molecule has 1 amide bonds. The highest BCUT2D eigenvalue weighted by molar-refractivity contribution is 8.00. The van der Waals surface area contributed by atoms with Crippen LogP contribution in [-0.2, 0) is 14.8 Å². The van der Waals surface area contributed by atoms with Crippen molar-refractivity contribution in [1.82, 2.24) is 4.31 Å². The van der Waals surface area contributed by atoms with Gasteiger partial charge in [0.05, 0.1) is 10.6 Å². The van der Waals surface area contributed by atoms with Crippen molar-refractivity contribution < 1.29 is 17.6 Å². The molecule has 0 aliphatic rings. The van der Waals surface area contributed by atoms with Gasteiger partial charge in [0.1, 0.15) is 5.82 Å². The molecule has 0 fully saturated rings. The first-order valence-corrected chi connectivity index (χ1v) is 11.4. The number of nitrogens with zero attached hydrogens (tertiary/aromatic N) is 1. The van der Waals surface area contributed by atoms with Crippen molar-refractivity contribution in [3.05, 3.63) is 53.3 Å². The van der Waals surface area contributed by atoms with Gasteiger partial charge >= 0.3 is 0 Å². The van der Waals surface area contributed by atoms with Gasteiger partial charge in [-0.25, -0.2) is 12.8 Å². The fraction of sp³-hybridized carbons (Fsp3) is 0.350. The fourth-order valence-corrected chi connectivity index (χ4v) is 4.95. The zero-order valence-electron chi connectivity index (χ0n) is 16.5. The Morgan fingerprint density at radius 1 is 1.11 bits per heavy atom. The van der Waals surface area contributed by atoms with Gasteiger partial charge in [0.25, 0.3) is 0 Å². The molecule has 2 aromatic carbocycles.